The molecule has 0 spiro atoms. The number of hydrogen-bond acceptors (Lipinski definition) is 1. The zero-order chi connectivity index (χ0) is 7.98. The van der Waals surface area contributed by atoms with E-state index in [9.17, 15) is 0 Å². The predicted octanol–water partition coefficient (Wildman–Crippen LogP) is 2.97. The van der Waals surface area contributed by atoms with Crippen molar-refractivity contribution in [3.8, 4) is 6.07 Å². The summed E-state index contributed by atoms with van der Waals surface area (Å²) in [6.45, 7) is 6.42. The molecule has 0 aromatic carbocycles. The van der Waals surface area contributed by atoms with E-state index in [0.717, 1.165) is 12.3 Å². The van der Waals surface area contributed by atoms with Gasteiger partial charge in [0.15, 0.2) is 0 Å². The van der Waals surface area contributed by atoms with Crippen molar-refractivity contribution in [3.05, 3.63) is 0 Å². The topological polar surface area (TPSA) is 23.8 Å². The van der Waals surface area contributed by atoms with Crippen LogP contribution in [0.25, 0.3) is 0 Å². The van der Waals surface area contributed by atoms with Crippen LogP contribution in [0.3, 0.4) is 0 Å². The van der Waals surface area contributed by atoms with Crippen LogP contribution in [0.5, 0.6) is 0 Å². The minimum atomic E-state index is 0.244. The van der Waals surface area contributed by atoms with Gasteiger partial charge in [-0.15, -0.1) is 0 Å². The van der Waals surface area contributed by atoms with Crippen molar-refractivity contribution < 1.29 is 0 Å². The molecule has 0 amide bonds. The molecule has 58 valence electrons. The molecule has 0 fully saturated rings. The molecule has 0 saturated heterocycles. The fourth-order valence-corrected chi connectivity index (χ4v) is 0.803. The summed E-state index contributed by atoms with van der Waals surface area (Å²) in [5.74, 6) is 1.03. The zero-order valence-corrected chi connectivity index (χ0v) is 7.22. The molecule has 0 aromatic rings. The number of rotatable bonds is 4. The summed E-state index contributed by atoms with van der Waals surface area (Å²) in [4.78, 5) is 0. The van der Waals surface area contributed by atoms with Crippen LogP contribution in [0.15, 0.2) is 0 Å². The molecule has 10 heavy (non-hydrogen) atoms. The Morgan fingerprint density at radius 3 is 2.30 bits per heavy atom. The van der Waals surface area contributed by atoms with E-state index in [1.165, 1.54) is 12.8 Å². The molecule has 1 nitrogen and oxygen atoms in total. The maximum absolute atomic E-state index is 8.47. The van der Waals surface area contributed by atoms with Gasteiger partial charge in [0.25, 0.3) is 0 Å². The normalized spacial score (nSPS) is 15.8. The van der Waals surface area contributed by atoms with Gasteiger partial charge in [-0.25, -0.2) is 0 Å². The van der Waals surface area contributed by atoms with E-state index in [1.54, 1.807) is 0 Å². The highest BCUT2D eigenvalue weighted by Crippen LogP contribution is 2.13. The van der Waals surface area contributed by atoms with Gasteiger partial charge in [-0.2, -0.15) is 5.26 Å². The minimum Gasteiger partial charge on any atom is -0.198 e. The highest BCUT2D eigenvalue weighted by molar-refractivity contribution is 4.78. The highest BCUT2D eigenvalue weighted by atomic mass is 14.3. The molecule has 0 rings (SSSR count). The van der Waals surface area contributed by atoms with Crippen LogP contribution >= 0.6 is 0 Å². The third-order valence-corrected chi connectivity index (χ3v) is 2.01. The Morgan fingerprint density at radius 1 is 1.30 bits per heavy atom. The summed E-state index contributed by atoms with van der Waals surface area (Å²) in [6.07, 6.45) is 3.49. The van der Waals surface area contributed by atoms with Crippen LogP contribution in [0, 0.1) is 23.2 Å². The summed E-state index contributed by atoms with van der Waals surface area (Å²) < 4.78 is 0. The lowest BCUT2D eigenvalue weighted by atomic mass is 9.97. The maximum atomic E-state index is 8.47. The summed E-state index contributed by atoms with van der Waals surface area (Å²) in [5.41, 5.74) is 0. The van der Waals surface area contributed by atoms with E-state index in [1.807, 2.05) is 6.92 Å². The van der Waals surface area contributed by atoms with Gasteiger partial charge in [-0.1, -0.05) is 20.3 Å². The Bertz CT molecular complexity index is 112. The molecule has 2 atom stereocenters. The highest BCUT2D eigenvalue weighted by Gasteiger charge is 2.02. The smallest absolute Gasteiger partial charge is 0.0652 e. The number of hydrogen-bond donors (Lipinski definition) is 0. The molecule has 0 aliphatic heterocycles. The van der Waals surface area contributed by atoms with E-state index >= 15 is 0 Å². The first kappa shape index (κ1) is 9.49. The first-order valence-corrected chi connectivity index (χ1v) is 4.10. The van der Waals surface area contributed by atoms with Crippen LogP contribution in [0.1, 0.15) is 40.0 Å². The van der Waals surface area contributed by atoms with Gasteiger partial charge in [-0.05, 0) is 25.7 Å². The minimum absolute atomic E-state index is 0.244. The first-order chi connectivity index (χ1) is 4.70. The van der Waals surface area contributed by atoms with Crippen molar-refractivity contribution in [2.45, 2.75) is 40.0 Å². The van der Waals surface area contributed by atoms with Crippen molar-refractivity contribution in [2.75, 3.05) is 0 Å². The van der Waals surface area contributed by atoms with E-state index < -0.39 is 0 Å². The molecule has 0 bridgehead atoms. The van der Waals surface area contributed by atoms with Crippen molar-refractivity contribution in [2.24, 2.45) is 11.8 Å². The molecular formula is C9H17N. The fraction of sp³-hybridized carbons (Fsp3) is 0.889. The van der Waals surface area contributed by atoms with Gasteiger partial charge >= 0.3 is 0 Å². The maximum Gasteiger partial charge on any atom is 0.0652 e. The zero-order valence-electron chi connectivity index (χ0n) is 7.22. The Labute approximate surface area is 64.1 Å². The lowest BCUT2D eigenvalue weighted by Gasteiger charge is -2.07. The summed E-state index contributed by atoms with van der Waals surface area (Å²) in [5, 5.41) is 8.47. The third-order valence-electron chi connectivity index (χ3n) is 2.01. The predicted molar refractivity (Wildman–Crippen MR) is 43.5 cm³/mol. The van der Waals surface area contributed by atoms with Crippen molar-refractivity contribution in [1.29, 1.82) is 5.26 Å². The number of nitriles is 1. The fourth-order valence-electron chi connectivity index (χ4n) is 0.803. The van der Waals surface area contributed by atoms with Gasteiger partial charge < -0.3 is 0 Å². The van der Waals surface area contributed by atoms with Crippen LogP contribution in [0.2, 0.25) is 0 Å². The molecule has 0 heterocycles. The van der Waals surface area contributed by atoms with E-state index in [-0.39, 0.29) is 5.92 Å². The Morgan fingerprint density at radius 2 is 1.90 bits per heavy atom. The molecule has 1 heteroatoms. The van der Waals surface area contributed by atoms with Crippen LogP contribution in [-0.4, -0.2) is 0 Å². The van der Waals surface area contributed by atoms with Crippen LogP contribution in [0.4, 0.5) is 0 Å². The molecule has 0 aromatic heterocycles. The van der Waals surface area contributed by atoms with Gasteiger partial charge in [0, 0.05) is 5.92 Å². The van der Waals surface area contributed by atoms with Gasteiger partial charge in [0.1, 0.15) is 0 Å². The Balaban J connectivity index is 3.28. The molecule has 0 N–H and O–H groups in total. The standard InChI is InChI=1S/C9H17N/c1-4-8(2)5-6-9(3)7-10/h8-9H,4-6H2,1-3H3/t8-,9?/m0/s1. The first-order valence-electron chi connectivity index (χ1n) is 4.10. The van der Waals surface area contributed by atoms with Crippen LogP contribution < -0.4 is 0 Å². The van der Waals surface area contributed by atoms with E-state index in [4.69, 9.17) is 5.26 Å². The van der Waals surface area contributed by atoms with Crippen molar-refractivity contribution in [1.82, 2.24) is 0 Å². The van der Waals surface area contributed by atoms with Crippen molar-refractivity contribution in [3.63, 3.8) is 0 Å². The molecule has 0 aliphatic carbocycles. The quantitative estimate of drug-likeness (QED) is 0.587. The van der Waals surface area contributed by atoms with E-state index in [2.05, 4.69) is 19.9 Å². The Hall–Kier alpha value is -0.510. The molecule has 0 saturated carbocycles. The second-order valence-electron chi connectivity index (χ2n) is 3.12. The van der Waals surface area contributed by atoms with E-state index in [0.29, 0.717) is 0 Å². The average Bonchev–Trinajstić information content (AvgIpc) is 1.99. The van der Waals surface area contributed by atoms with Gasteiger partial charge in [0.05, 0.1) is 6.07 Å². The molecule has 0 radical (unpaired) electrons. The molecular weight excluding hydrogens is 122 g/mol. The average molecular weight is 139 g/mol. The second kappa shape index (κ2) is 5.29. The lowest BCUT2D eigenvalue weighted by molar-refractivity contribution is 0.463. The SMILES string of the molecule is CC[C@H](C)CCC(C)C#N. The van der Waals surface area contributed by atoms with Crippen LogP contribution in [-0.2, 0) is 0 Å². The summed E-state index contributed by atoms with van der Waals surface area (Å²) >= 11 is 0. The van der Waals surface area contributed by atoms with Gasteiger partial charge in [-0.3, -0.25) is 0 Å². The summed E-state index contributed by atoms with van der Waals surface area (Å²) in [7, 11) is 0. The monoisotopic (exact) mass is 139 g/mol. The number of nitrogens with zero attached hydrogens (tertiary/aromatic N) is 1. The Kier molecular flexibility index (Phi) is 5.02. The molecule has 1 unspecified atom stereocenters. The lowest BCUT2D eigenvalue weighted by Crippen LogP contribution is -1.96. The largest absolute Gasteiger partial charge is 0.198 e. The summed E-state index contributed by atoms with van der Waals surface area (Å²) in [6, 6.07) is 2.24. The second-order valence-corrected chi connectivity index (χ2v) is 3.12. The van der Waals surface area contributed by atoms with Gasteiger partial charge in [0.2, 0.25) is 0 Å². The third kappa shape index (κ3) is 4.38. The molecule has 0 aliphatic rings. The van der Waals surface area contributed by atoms with Crippen molar-refractivity contribution >= 4 is 0 Å².